The van der Waals surface area contributed by atoms with Crippen molar-refractivity contribution in [2.24, 2.45) is 0 Å². The molecule has 0 aliphatic rings. The standard InChI is InChI=1S/C16H11NO3/c18-16(19)14-10-17-15(13-9-5-4-8-12(13)14)20-11-6-2-1-3-7-11/h1-10H,(H,18,19). The van der Waals surface area contributed by atoms with Crippen LogP contribution in [0.3, 0.4) is 0 Å². The summed E-state index contributed by atoms with van der Waals surface area (Å²) < 4.78 is 5.72. The van der Waals surface area contributed by atoms with Gasteiger partial charge in [-0.2, -0.15) is 0 Å². The molecule has 0 saturated carbocycles. The first-order valence-corrected chi connectivity index (χ1v) is 6.09. The van der Waals surface area contributed by atoms with E-state index in [9.17, 15) is 9.90 Å². The van der Waals surface area contributed by atoms with Gasteiger partial charge in [0.05, 0.1) is 5.56 Å². The first kappa shape index (κ1) is 12.2. The number of carboxylic acids is 1. The van der Waals surface area contributed by atoms with Gasteiger partial charge in [0, 0.05) is 17.0 Å². The zero-order chi connectivity index (χ0) is 13.9. The molecule has 0 aliphatic carbocycles. The molecule has 0 unspecified atom stereocenters. The molecule has 4 heteroatoms. The van der Waals surface area contributed by atoms with Gasteiger partial charge in [-0.25, -0.2) is 9.78 Å². The van der Waals surface area contributed by atoms with Crippen LogP contribution in [-0.2, 0) is 0 Å². The van der Waals surface area contributed by atoms with E-state index >= 15 is 0 Å². The molecule has 0 atom stereocenters. The highest BCUT2D eigenvalue weighted by molar-refractivity contribution is 6.04. The number of benzene rings is 2. The number of hydrogen-bond donors (Lipinski definition) is 1. The van der Waals surface area contributed by atoms with Crippen molar-refractivity contribution in [2.75, 3.05) is 0 Å². The van der Waals surface area contributed by atoms with Crippen molar-refractivity contribution in [3.8, 4) is 11.6 Å². The molecule has 0 amide bonds. The molecule has 0 spiro atoms. The summed E-state index contributed by atoms with van der Waals surface area (Å²) in [6, 6.07) is 16.4. The van der Waals surface area contributed by atoms with Crippen LogP contribution in [-0.4, -0.2) is 16.1 Å². The Labute approximate surface area is 115 Å². The summed E-state index contributed by atoms with van der Waals surface area (Å²) in [4.78, 5) is 15.3. The highest BCUT2D eigenvalue weighted by Crippen LogP contribution is 2.29. The molecule has 1 aromatic heterocycles. The molecule has 0 radical (unpaired) electrons. The Kier molecular flexibility index (Phi) is 3.05. The lowest BCUT2D eigenvalue weighted by Crippen LogP contribution is -2.00. The predicted molar refractivity (Wildman–Crippen MR) is 75.2 cm³/mol. The highest BCUT2D eigenvalue weighted by Gasteiger charge is 2.13. The summed E-state index contributed by atoms with van der Waals surface area (Å²) in [6.45, 7) is 0. The molecular formula is C16H11NO3. The normalized spacial score (nSPS) is 10.4. The maximum absolute atomic E-state index is 11.2. The van der Waals surface area contributed by atoms with E-state index in [4.69, 9.17) is 4.74 Å². The van der Waals surface area contributed by atoms with E-state index in [1.165, 1.54) is 6.20 Å². The van der Waals surface area contributed by atoms with E-state index in [0.29, 0.717) is 22.4 Å². The van der Waals surface area contributed by atoms with Crippen molar-refractivity contribution in [1.82, 2.24) is 4.98 Å². The fourth-order valence-corrected chi connectivity index (χ4v) is 2.02. The average Bonchev–Trinajstić information content (AvgIpc) is 2.48. The Bertz CT molecular complexity index is 769. The molecule has 0 fully saturated rings. The zero-order valence-corrected chi connectivity index (χ0v) is 10.5. The van der Waals surface area contributed by atoms with Gasteiger partial charge in [0.2, 0.25) is 5.88 Å². The number of ether oxygens (including phenoxy) is 1. The maximum Gasteiger partial charge on any atom is 0.337 e. The number of carboxylic acid groups (broad SMARTS) is 1. The second-order valence-corrected chi connectivity index (χ2v) is 4.24. The monoisotopic (exact) mass is 265 g/mol. The minimum absolute atomic E-state index is 0.168. The number of nitrogens with zero attached hydrogens (tertiary/aromatic N) is 1. The first-order valence-electron chi connectivity index (χ1n) is 6.09. The van der Waals surface area contributed by atoms with Crippen LogP contribution in [0.15, 0.2) is 60.8 Å². The molecule has 3 rings (SSSR count). The van der Waals surface area contributed by atoms with Gasteiger partial charge in [-0.3, -0.25) is 0 Å². The number of fused-ring (bicyclic) bond motifs is 1. The van der Waals surface area contributed by atoms with Crippen LogP contribution in [0.1, 0.15) is 10.4 Å². The number of aromatic carboxylic acids is 1. The van der Waals surface area contributed by atoms with E-state index in [1.807, 2.05) is 36.4 Å². The molecule has 98 valence electrons. The quantitative estimate of drug-likeness (QED) is 0.784. The number of rotatable bonds is 3. The van der Waals surface area contributed by atoms with E-state index < -0.39 is 5.97 Å². The van der Waals surface area contributed by atoms with E-state index in [2.05, 4.69) is 4.98 Å². The SMILES string of the molecule is O=C(O)c1cnc(Oc2ccccc2)c2ccccc12. The van der Waals surface area contributed by atoms with Crippen molar-refractivity contribution < 1.29 is 14.6 Å². The van der Waals surface area contributed by atoms with Crippen LogP contribution < -0.4 is 4.74 Å². The second-order valence-electron chi connectivity index (χ2n) is 4.24. The fraction of sp³-hybridized carbons (Fsp3) is 0. The van der Waals surface area contributed by atoms with Crippen LogP contribution in [0, 0.1) is 0 Å². The lowest BCUT2D eigenvalue weighted by molar-refractivity contribution is 0.0698. The lowest BCUT2D eigenvalue weighted by Gasteiger charge is -2.09. The molecule has 1 heterocycles. The Morgan fingerprint density at radius 1 is 0.950 bits per heavy atom. The fourth-order valence-electron chi connectivity index (χ4n) is 2.02. The molecule has 20 heavy (non-hydrogen) atoms. The molecule has 4 nitrogen and oxygen atoms in total. The van der Waals surface area contributed by atoms with Crippen LogP contribution in [0.25, 0.3) is 10.8 Å². The summed E-state index contributed by atoms with van der Waals surface area (Å²) in [5, 5.41) is 10.5. The second kappa shape index (κ2) is 5.01. The summed E-state index contributed by atoms with van der Waals surface area (Å²) in [5.74, 6) is 0.0602. The number of hydrogen-bond acceptors (Lipinski definition) is 3. The Morgan fingerprint density at radius 2 is 1.60 bits per heavy atom. The smallest absolute Gasteiger partial charge is 0.337 e. The van der Waals surface area contributed by atoms with Gasteiger partial charge in [-0.15, -0.1) is 0 Å². The third kappa shape index (κ3) is 2.19. The average molecular weight is 265 g/mol. The Balaban J connectivity index is 2.13. The third-order valence-corrected chi connectivity index (χ3v) is 2.95. The van der Waals surface area contributed by atoms with Gasteiger partial charge < -0.3 is 9.84 Å². The van der Waals surface area contributed by atoms with Gasteiger partial charge in [-0.1, -0.05) is 36.4 Å². The molecule has 0 saturated heterocycles. The topological polar surface area (TPSA) is 59.4 Å². The number of aromatic nitrogens is 1. The van der Waals surface area contributed by atoms with E-state index in [1.54, 1.807) is 18.2 Å². The Hall–Kier alpha value is -2.88. The van der Waals surface area contributed by atoms with Gasteiger partial charge in [0.25, 0.3) is 0 Å². The predicted octanol–water partition coefficient (Wildman–Crippen LogP) is 3.73. The third-order valence-electron chi connectivity index (χ3n) is 2.95. The maximum atomic E-state index is 11.2. The summed E-state index contributed by atoms with van der Waals surface area (Å²) in [6.07, 6.45) is 1.32. The molecule has 0 bridgehead atoms. The van der Waals surface area contributed by atoms with Gasteiger partial charge in [-0.05, 0) is 18.2 Å². The summed E-state index contributed by atoms with van der Waals surface area (Å²) >= 11 is 0. The molecule has 2 aromatic carbocycles. The van der Waals surface area contributed by atoms with Gasteiger partial charge in [0.15, 0.2) is 0 Å². The van der Waals surface area contributed by atoms with E-state index in [0.717, 1.165) is 0 Å². The van der Waals surface area contributed by atoms with Crippen LogP contribution >= 0.6 is 0 Å². The number of para-hydroxylation sites is 1. The highest BCUT2D eigenvalue weighted by atomic mass is 16.5. The Morgan fingerprint density at radius 3 is 2.30 bits per heavy atom. The molecule has 0 aliphatic heterocycles. The van der Waals surface area contributed by atoms with Crippen molar-refractivity contribution in [3.63, 3.8) is 0 Å². The minimum atomic E-state index is -1.00. The van der Waals surface area contributed by atoms with Crippen molar-refractivity contribution in [2.45, 2.75) is 0 Å². The lowest BCUT2D eigenvalue weighted by atomic mass is 10.1. The summed E-state index contributed by atoms with van der Waals surface area (Å²) in [7, 11) is 0. The van der Waals surface area contributed by atoms with Crippen LogP contribution in [0.4, 0.5) is 0 Å². The van der Waals surface area contributed by atoms with Crippen LogP contribution in [0.5, 0.6) is 11.6 Å². The van der Waals surface area contributed by atoms with Gasteiger partial charge >= 0.3 is 5.97 Å². The molecule has 3 aromatic rings. The summed E-state index contributed by atoms with van der Waals surface area (Å²) in [5.41, 5.74) is 0.168. The zero-order valence-electron chi connectivity index (χ0n) is 10.5. The number of carbonyl (C=O) groups is 1. The van der Waals surface area contributed by atoms with Crippen LogP contribution in [0.2, 0.25) is 0 Å². The number of pyridine rings is 1. The largest absolute Gasteiger partial charge is 0.478 e. The van der Waals surface area contributed by atoms with Gasteiger partial charge in [0.1, 0.15) is 5.75 Å². The van der Waals surface area contributed by atoms with Crippen molar-refractivity contribution >= 4 is 16.7 Å². The van der Waals surface area contributed by atoms with Crippen molar-refractivity contribution in [3.05, 3.63) is 66.4 Å². The minimum Gasteiger partial charge on any atom is -0.478 e. The van der Waals surface area contributed by atoms with Crippen molar-refractivity contribution in [1.29, 1.82) is 0 Å². The first-order chi connectivity index (χ1) is 9.75. The molecule has 1 N–H and O–H groups in total. The van der Waals surface area contributed by atoms with E-state index in [-0.39, 0.29) is 5.56 Å². The molecular weight excluding hydrogens is 254 g/mol.